The standard InChI is InChI=1S/C22H22N2O4/c1-28-19-8-2-15(3-9-19)20-14-21(22(27)12-10-18(26)11-13-22)23-24(20)16-4-6-17(25)7-5-16/h2-9,14,25,27H,10-13H2,1H3. The first kappa shape index (κ1) is 18.3. The predicted octanol–water partition coefficient (Wildman–Crippen LogP) is 3.58. The second-order valence-electron chi connectivity index (χ2n) is 7.14. The molecule has 144 valence electrons. The molecule has 1 saturated carbocycles. The largest absolute Gasteiger partial charge is 0.508 e. The van der Waals surface area contributed by atoms with Gasteiger partial charge in [-0.3, -0.25) is 4.79 Å². The van der Waals surface area contributed by atoms with Crippen LogP contribution in [0, 0.1) is 0 Å². The summed E-state index contributed by atoms with van der Waals surface area (Å²) in [6, 6.07) is 16.2. The average Bonchev–Trinajstić information content (AvgIpc) is 3.17. The normalized spacial score (nSPS) is 16.1. The fourth-order valence-electron chi connectivity index (χ4n) is 3.57. The molecule has 0 radical (unpaired) electrons. The van der Waals surface area contributed by atoms with Crippen LogP contribution in [0.15, 0.2) is 54.6 Å². The van der Waals surface area contributed by atoms with Crippen molar-refractivity contribution in [1.82, 2.24) is 9.78 Å². The Bertz CT molecular complexity index is 980. The zero-order chi connectivity index (χ0) is 19.7. The van der Waals surface area contributed by atoms with Crippen LogP contribution in [0.2, 0.25) is 0 Å². The molecule has 0 atom stereocenters. The van der Waals surface area contributed by atoms with Gasteiger partial charge < -0.3 is 14.9 Å². The minimum atomic E-state index is -1.11. The lowest BCUT2D eigenvalue weighted by Crippen LogP contribution is -2.32. The second-order valence-corrected chi connectivity index (χ2v) is 7.14. The number of aliphatic hydroxyl groups is 1. The average molecular weight is 378 g/mol. The van der Waals surface area contributed by atoms with Gasteiger partial charge in [0.1, 0.15) is 22.9 Å². The van der Waals surface area contributed by atoms with E-state index in [2.05, 4.69) is 0 Å². The van der Waals surface area contributed by atoms with E-state index in [1.165, 1.54) is 0 Å². The summed E-state index contributed by atoms with van der Waals surface area (Å²) in [5, 5.41) is 25.4. The van der Waals surface area contributed by atoms with Crippen molar-refractivity contribution in [2.24, 2.45) is 0 Å². The van der Waals surface area contributed by atoms with Crippen LogP contribution in [0.4, 0.5) is 0 Å². The summed E-state index contributed by atoms with van der Waals surface area (Å²) < 4.78 is 6.99. The molecule has 0 spiro atoms. The molecule has 0 amide bonds. The molecular weight excluding hydrogens is 356 g/mol. The van der Waals surface area contributed by atoms with E-state index < -0.39 is 5.60 Å². The van der Waals surface area contributed by atoms with Crippen molar-refractivity contribution < 1.29 is 19.7 Å². The third-order valence-electron chi connectivity index (χ3n) is 5.30. The lowest BCUT2D eigenvalue weighted by atomic mass is 9.82. The van der Waals surface area contributed by atoms with Crippen LogP contribution in [0.5, 0.6) is 11.5 Å². The van der Waals surface area contributed by atoms with Crippen LogP contribution in [0.25, 0.3) is 16.9 Å². The molecule has 1 aromatic heterocycles. The van der Waals surface area contributed by atoms with Gasteiger partial charge in [-0.25, -0.2) is 4.68 Å². The maximum absolute atomic E-state index is 11.6. The highest BCUT2D eigenvalue weighted by atomic mass is 16.5. The number of methoxy groups -OCH3 is 1. The van der Waals surface area contributed by atoms with Crippen LogP contribution in [0.1, 0.15) is 31.4 Å². The number of rotatable bonds is 4. The van der Waals surface area contributed by atoms with Crippen molar-refractivity contribution in [1.29, 1.82) is 0 Å². The molecule has 6 nitrogen and oxygen atoms in total. The van der Waals surface area contributed by atoms with Crippen molar-refractivity contribution in [3.8, 4) is 28.4 Å². The van der Waals surface area contributed by atoms with Crippen molar-refractivity contribution in [3.05, 3.63) is 60.3 Å². The molecule has 4 rings (SSSR count). The number of ketones is 1. The molecule has 1 heterocycles. The van der Waals surface area contributed by atoms with Crippen molar-refractivity contribution >= 4 is 5.78 Å². The van der Waals surface area contributed by atoms with Gasteiger partial charge in [0.2, 0.25) is 0 Å². The molecule has 0 aliphatic heterocycles. The van der Waals surface area contributed by atoms with Crippen LogP contribution < -0.4 is 4.74 Å². The Labute approximate surface area is 163 Å². The molecule has 2 aromatic carbocycles. The predicted molar refractivity (Wildman–Crippen MR) is 105 cm³/mol. The molecular formula is C22H22N2O4. The van der Waals surface area contributed by atoms with E-state index in [-0.39, 0.29) is 11.5 Å². The summed E-state index contributed by atoms with van der Waals surface area (Å²) in [4.78, 5) is 11.6. The van der Waals surface area contributed by atoms with Crippen LogP contribution in [-0.2, 0) is 10.4 Å². The number of ether oxygens (including phenoxy) is 1. The number of aromatic hydroxyl groups is 1. The number of carbonyl (C=O) groups excluding carboxylic acids is 1. The van der Waals surface area contributed by atoms with Gasteiger partial charge in [0.05, 0.1) is 24.2 Å². The van der Waals surface area contributed by atoms with E-state index in [4.69, 9.17) is 9.84 Å². The van der Waals surface area contributed by atoms with Crippen LogP contribution >= 0.6 is 0 Å². The highest BCUT2D eigenvalue weighted by Crippen LogP contribution is 2.37. The van der Waals surface area contributed by atoms with E-state index in [0.717, 1.165) is 22.7 Å². The van der Waals surface area contributed by atoms with Crippen molar-refractivity contribution in [2.75, 3.05) is 7.11 Å². The summed E-state index contributed by atoms with van der Waals surface area (Å²) in [6.45, 7) is 0. The number of nitrogens with zero attached hydrogens (tertiary/aromatic N) is 2. The molecule has 28 heavy (non-hydrogen) atoms. The smallest absolute Gasteiger partial charge is 0.133 e. The van der Waals surface area contributed by atoms with E-state index >= 15 is 0 Å². The number of hydrogen-bond donors (Lipinski definition) is 2. The van der Waals surface area contributed by atoms with Gasteiger partial charge in [0, 0.05) is 18.4 Å². The first-order chi connectivity index (χ1) is 13.5. The molecule has 2 N–H and O–H groups in total. The van der Waals surface area contributed by atoms with Gasteiger partial charge in [0.25, 0.3) is 0 Å². The molecule has 1 fully saturated rings. The second kappa shape index (κ2) is 7.13. The summed E-state index contributed by atoms with van der Waals surface area (Å²) in [5.41, 5.74) is 1.94. The molecule has 3 aromatic rings. The molecule has 1 aliphatic rings. The minimum Gasteiger partial charge on any atom is -0.508 e. The van der Waals surface area contributed by atoms with Crippen molar-refractivity contribution in [2.45, 2.75) is 31.3 Å². The Hall–Kier alpha value is -3.12. The topological polar surface area (TPSA) is 84.6 Å². The maximum Gasteiger partial charge on any atom is 0.133 e. The molecule has 0 bridgehead atoms. The third-order valence-corrected chi connectivity index (χ3v) is 5.30. The zero-order valence-electron chi connectivity index (χ0n) is 15.6. The van der Waals surface area contributed by atoms with E-state index in [9.17, 15) is 15.0 Å². The van der Waals surface area contributed by atoms with Crippen LogP contribution in [0.3, 0.4) is 0 Å². The Morgan fingerprint density at radius 1 is 1.04 bits per heavy atom. The zero-order valence-corrected chi connectivity index (χ0v) is 15.6. The lowest BCUT2D eigenvalue weighted by molar-refractivity contribution is -0.125. The first-order valence-electron chi connectivity index (χ1n) is 9.27. The number of phenolic OH excluding ortho intramolecular Hbond substituents is 1. The molecule has 0 saturated heterocycles. The highest BCUT2D eigenvalue weighted by molar-refractivity contribution is 5.79. The molecule has 6 heteroatoms. The Morgan fingerprint density at radius 2 is 1.68 bits per heavy atom. The fraction of sp³-hybridized carbons (Fsp3) is 0.273. The maximum atomic E-state index is 11.6. The van der Waals surface area contributed by atoms with E-state index in [0.29, 0.717) is 31.4 Å². The van der Waals surface area contributed by atoms with E-state index in [1.54, 1.807) is 36.1 Å². The highest BCUT2D eigenvalue weighted by Gasteiger charge is 2.37. The monoisotopic (exact) mass is 378 g/mol. The Kier molecular flexibility index (Phi) is 4.65. The summed E-state index contributed by atoms with van der Waals surface area (Å²) in [6.07, 6.45) is 1.47. The summed E-state index contributed by atoms with van der Waals surface area (Å²) >= 11 is 0. The molecule has 0 unspecified atom stereocenters. The quantitative estimate of drug-likeness (QED) is 0.725. The number of carbonyl (C=O) groups is 1. The number of phenols is 1. The van der Waals surface area contributed by atoms with Gasteiger partial charge in [-0.1, -0.05) is 0 Å². The van der Waals surface area contributed by atoms with Gasteiger partial charge in [-0.15, -0.1) is 0 Å². The number of aromatic nitrogens is 2. The summed E-state index contributed by atoms with van der Waals surface area (Å²) in [7, 11) is 1.62. The van der Waals surface area contributed by atoms with Gasteiger partial charge in [-0.2, -0.15) is 5.10 Å². The molecule has 1 aliphatic carbocycles. The fourth-order valence-corrected chi connectivity index (χ4v) is 3.57. The lowest BCUT2D eigenvalue weighted by Gasteiger charge is -2.29. The van der Waals surface area contributed by atoms with Gasteiger partial charge >= 0.3 is 0 Å². The van der Waals surface area contributed by atoms with Crippen LogP contribution in [-0.4, -0.2) is 32.9 Å². The Balaban J connectivity index is 1.81. The van der Waals surface area contributed by atoms with Gasteiger partial charge in [-0.05, 0) is 67.4 Å². The minimum absolute atomic E-state index is 0.173. The number of benzene rings is 2. The SMILES string of the molecule is COc1ccc(-c2cc(C3(O)CCC(=O)CC3)nn2-c2ccc(O)cc2)cc1. The Morgan fingerprint density at radius 3 is 2.29 bits per heavy atom. The number of Topliss-reactive ketones (excluding diaryl/α,β-unsaturated/α-hetero) is 1. The number of hydrogen-bond acceptors (Lipinski definition) is 5. The summed E-state index contributed by atoms with van der Waals surface area (Å²) in [5.74, 6) is 1.11. The third kappa shape index (κ3) is 3.39. The first-order valence-corrected chi connectivity index (χ1v) is 9.27. The van der Waals surface area contributed by atoms with Gasteiger partial charge in [0.15, 0.2) is 0 Å². The van der Waals surface area contributed by atoms with E-state index in [1.807, 2.05) is 30.3 Å². The van der Waals surface area contributed by atoms with Crippen molar-refractivity contribution in [3.63, 3.8) is 0 Å².